The first-order valence-electron chi connectivity index (χ1n) is 7.41. The third-order valence-electron chi connectivity index (χ3n) is 3.39. The Labute approximate surface area is 127 Å². The van der Waals surface area contributed by atoms with Crippen molar-refractivity contribution in [2.45, 2.75) is 19.3 Å². The molecule has 5 heteroatoms. The summed E-state index contributed by atoms with van der Waals surface area (Å²) in [6.45, 7) is 3.31. The van der Waals surface area contributed by atoms with Crippen LogP contribution in [0.4, 0.5) is 5.69 Å². The van der Waals surface area contributed by atoms with E-state index >= 15 is 0 Å². The summed E-state index contributed by atoms with van der Waals surface area (Å²) in [5.41, 5.74) is 7.64. The van der Waals surface area contributed by atoms with Gasteiger partial charge in [-0.25, -0.2) is 0 Å². The molecule has 118 valence electrons. The van der Waals surface area contributed by atoms with Crippen molar-refractivity contribution < 1.29 is 9.53 Å². The van der Waals surface area contributed by atoms with Gasteiger partial charge in [-0.2, -0.15) is 0 Å². The van der Waals surface area contributed by atoms with Crippen molar-refractivity contribution in [3.05, 3.63) is 29.8 Å². The lowest BCUT2D eigenvalue weighted by Gasteiger charge is -2.15. The second-order valence-electron chi connectivity index (χ2n) is 5.20. The summed E-state index contributed by atoms with van der Waals surface area (Å²) in [5, 5.41) is 2.95. The number of nitrogens with zero attached hydrogens (tertiary/aromatic N) is 1. The number of carbonyl (C=O) groups excluding carboxylic acids is 1. The zero-order valence-electron chi connectivity index (χ0n) is 13.1. The van der Waals surface area contributed by atoms with E-state index in [0.717, 1.165) is 37.4 Å². The average Bonchev–Trinajstić information content (AvgIpc) is 2.48. The van der Waals surface area contributed by atoms with Crippen LogP contribution in [0.25, 0.3) is 0 Å². The van der Waals surface area contributed by atoms with Gasteiger partial charge in [0.25, 0.3) is 0 Å². The fraction of sp³-hybridized carbons (Fsp3) is 0.562. The van der Waals surface area contributed by atoms with Gasteiger partial charge in [0.15, 0.2) is 0 Å². The Morgan fingerprint density at radius 1 is 1.33 bits per heavy atom. The quantitative estimate of drug-likeness (QED) is 0.504. The molecular weight excluding hydrogens is 266 g/mol. The molecule has 1 aromatic carbocycles. The zero-order chi connectivity index (χ0) is 15.5. The van der Waals surface area contributed by atoms with E-state index in [9.17, 15) is 4.79 Å². The highest BCUT2D eigenvalue weighted by Gasteiger charge is 2.04. The molecule has 0 fully saturated rings. The number of amides is 1. The molecule has 21 heavy (non-hydrogen) atoms. The second kappa shape index (κ2) is 10.2. The molecule has 0 saturated heterocycles. The largest absolute Gasteiger partial charge is 0.399 e. The van der Waals surface area contributed by atoms with Gasteiger partial charge >= 0.3 is 0 Å². The van der Waals surface area contributed by atoms with Gasteiger partial charge in [0.2, 0.25) is 5.91 Å². The number of hydrogen-bond acceptors (Lipinski definition) is 4. The fourth-order valence-corrected chi connectivity index (χ4v) is 2.03. The lowest BCUT2D eigenvalue weighted by molar-refractivity contribution is -0.121. The van der Waals surface area contributed by atoms with Crippen molar-refractivity contribution in [3.63, 3.8) is 0 Å². The molecule has 3 N–H and O–H groups in total. The maximum absolute atomic E-state index is 11.8. The molecule has 1 rings (SSSR count). The highest BCUT2D eigenvalue weighted by molar-refractivity contribution is 5.76. The number of anilines is 1. The summed E-state index contributed by atoms with van der Waals surface area (Å²) in [6.07, 6.45) is 2.11. The van der Waals surface area contributed by atoms with Crippen LogP contribution in [0.3, 0.4) is 0 Å². The van der Waals surface area contributed by atoms with E-state index in [2.05, 4.69) is 17.3 Å². The van der Waals surface area contributed by atoms with Gasteiger partial charge in [-0.05, 0) is 38.1 Å². The summed E-state index contributed by atoms with van der Waals surface area (Å²) in [7, 11) is 3.76. The number of nitrogen functional groups attached to an aromatic ring is 1. The van der Waals surface area contributed by atoms with E-state index in [4.69, 9.17) is 10.5 Å². The Kier molecular flexibility index (Phi) is 8.47. The number of benzene rings is 1. The van der Waals surface area contributed by atoms with E-state index in [1.807, 2.05) is 24.3 Å². The maximum atomic E-state index is 11.8. The third kappa shape index (κ3) is 7.68. The number of nitrogens with two attached hydrogens (primary N) is 1. The number of carbonyl (C=O) groups is 1. The molecule has 5 nitrogen and oxygen atoms in total. The van der Waals surface area contributed by atoms with Crippen LogP contribution in [-0.2, 0) is 16.0 Å². The lowest BCUT2D eigenvalue weighted by atomic mass is 10.1. The van der Waals surface area contributed by atoms with Gasteiger partial charge in [-0.1, -0.05) is 18.2 Å². The first-order valence-corrected chi connectivity index (χ1v) is 7.41. The molecule has 0 radical (unpaired) electrons. The Bertz CT molecular complexity index is 424. The number of nitrogens with one attached hydrogen (secondary N) is 1. The van der Waals surface area contributed by atoms with Crippen LogP contribution in [0.1, 0.15) is 18.4 Å². The minimum absolute atomic E-state index is 0.0813. The summed E-state index contributed by atoms with van der Waals surface area (Å²) in [4.78, 5) is 14.0. The van der Waals surface area contributed by atoms with Crippen LogP contribution < -0.4 is 11.1 Å². The van der Waals surface area contributed by atoms with Crippen molar-refractivity contribution in [1.82, 2.24) is 10.2 Å². The fourth-order valence-electron chi connectivity index (χ4n) is 2.03. The van der Waals surface area contributed by atoms with Gasteiger partial charge in [0, 0.05) is 32.3 Å². The summed E-state index contributed by atoms with van der Waals surface area (Å²) in [6, 6.07) is 7.68. The second-order valence-corrected chi connectivity index (χ2v) is 5.20. The van der Waals surface area contributed by atoms with Crippen molar-refractivity contribution in [1.29, 1.82) is 0 Å². The lowest BCUT2D eigenvalue weighted by Crippen LogP contribution is -2.29. The highest BCUT2D eigenvalue weighted by atomic mass is 16.5. The van der Waals surface area contributed by atoms with E-state index in [1.165, 1.54) is 0 Å². The normalized spacial score (nSPS) is 10.8. The average molecular weight is 293 g/mol. The minimum Gasteiger partial charge on any atom is -0.399 e. The number of hydrogen-bond donors (Lipinski definition) is 2. The number of rotatable bonds is 10. The van der Waals surface area contributed by atoms with Crippen molar-refractivity contribution in [2.75, 3.05) is 46.1 Å². The first-order chi connectivity index (χ1) is 10.1. The number of likely N-dealkylation sites (N-methyl/N-ethyl adjacent to an activating group) is 1. The number of methoxy groups -OCH3 is 1. The molecule has 0 unspecified atom stereocenters. The van der Waals surface area contributed by atoms with Crippen molar-refractivity contribution in [2.24, 2.45) is 0 Å². The maximum Gasteiger partial charge on any atom is 0.220 e. The van der Waals surface area contributed by atoms with Gasteiger partial charge in [-0.15, -0.1) is 0 Å². The Hall–Kier alpha value is -1.59. The zero-order valence-corrected chi connectivity index (χ0v) is 13.1. The highest BCUT2D eigenvalue weighted by Crippen LogP contribution is 2.12. The third-order valence-corrected chi connectivity index (χ3v) is 3.39. The Balaban J connectivity index is 2.10. The smallest absolute Gasteiger partial charge is 0.220 e. The topological polar surface area (TPSA) is 67.6 Å². The van der Waals surface area contributed by atoms with Crippen molar-refractivity contribution in [3.8, 4) is 0 Å². The monoisotopic (exact) mass is 293 g/mol. The number of para-hydroxylation sites is 1. The standard InChI is InChI=1S/C16H27N3O2/c1-19(12-13-21-2)11-5-10-18-16(20)9-8-14-6-3-4-7-15(14)17/h3-4,6-7H,5,8-13,17H2,1-2H3,(H,18,20). The molecule has 1 amide bonds. The van der Waals surface area contributed by atoms with Crippen LogP contribution in [0.15, 0.2) is 24.3 Å². The predicted molar refractivity (Wildman–Crippen MR) is 86.2 cm³/mol. The van der Waals surface area contributed by atoms with E-state index in [-0.39, 0.29) is 5.91 Å². The van der Waals surface area contributed by atoms with Crippen molar-refractivity contribution >= 4 is 11.6 Å². The van der Waals surface area contributed by atoms with E-state index in [1.54, 1.807) is 7.11 Å². The Morgan fingerprint density at radius 3 is 2.81 bits per heavy atom. The van der Waals surface area contributed by atoms with Crippen LogP contribution in [-0.4, -0.2) is 51.2 Å². The Morgan fingerprint density at radius 2 is 2.10 bits per heavy atom. The van der Waals surface area contributed by atoms with Gasteiger partial charge in [-0.3, -0.25) is 4.79 Å². The van der Waals surface area contributed by atoms with Gasteiger partial charge < -0.3 is 20.7 Å². The van der Waals surface area contributed by atoms with E-state index in [0.29, 0.717) is 19.4 Å². The molecular formula is C16H27N3O2. The number of aryl methyl sites for hydroxylation is 1. The summed E-state index contributed by atoms with van der Waals surface area (Å²) >= 11 is 0. The molecule has 0 aliphatic carbocycles. The molecule has 0 aliphatic rings. The van der Waals surface area contributed by atoms with Crippen LogP contribution in [0.2, 0.25) is 0 Å². The molecule has 0 atom stereocenters. The molecule has 0 spiro atoms. The van der Waals surface area contributed by atoms with Crippen LogP contribution >= 0.6 is 0 Å². The summed E-state index contributed by atoms with van der Waals surface area (Å²) < 4.78 is 5.02. The number of ether oxygens (including phenoxy) is 1. The first kappa shape index (κ1) is 17.5. The molecule has 0 bridgehead atoms. The summed E-state index contributed by atoms with van der Waals surface area (Å²) in [5.74, 6) is 0.0813. The molecule has 1 aromatic rings. The molecule has 0 heterocycles. The van der Waals surface area contributed by atoms with Crippen LogP contribution in [0, 0.1) is 0 Å². The van der Waals surface area contributed by atoms with Gasteiger partial charge in [0.05, 0.1) is 6.61 Å². The molecule has 0 aliphatic heterocycles. The molecule has 0 saturated carbocycles. The van der Waals surface area contributed by atoms with E-state index < -0.39 is 0 Å². The van der Waals surface area contributed by atoms with Gasteiger partial charge in [0.1, 0.15) is 0 Å². The van der Waals surface area contributed by atoms with Crippen LogP contribution in [0.5, 0.6) is 0 Å². The predicted octanol–water partition coefficient (Wildman–Crippen LogP) is 1.29. The minimum atomic E-state index is 0.0813. The SMILES string of the molecule is COCCN(C)CCCNC(=O)CCc1ccccc1N. The molecule has 0 aromatic heterocycles.